The van der Waals surface area contributed by atoms with Crippen molar-refractivity contribution in [3.8, 4) is 0 Å². The zero-order chi connectivity index (χ0) is 13.0. The van der Waals surface area contributed by atoms with E-state index in [2.05, 4.69) is 34.7 Å². The second-order valence-corrected chi connectivity index (χ2v) is 6.00. The molecule has 19 heavy (non-hydrogen) atoms. The van der Waals surface area contributed by atoms with Gasteiger partial charge in [-0.2, -0.15) is 0 Å². The van der Waals surface area contributed by atoms with Crippen LogP contribution in [0.5, 0.6) is 0 Å². The van der Waals surface area contributed by atoms with Gasteiger partial charge in [-0.15, -0.1) is 22.6 Å². The van der Waals surface area contributed by atoms with Crippen LogP contribution in [-0.2, 0) is 11.3 Å². The summed E-state index contributed by atoms with van der Waals surface area (Å²) in [6, 6.07) is -0.0313. The van der Waals surface area contributed by atoms with Crippen molar-refractivity contribution in [1.82, 2.24) is 20.8 Å². The Kier molecular flexibility index (Phi) is 6.68. The largest absolute Gasteiger partial charge is 0.348 e. The lowest BCUT2D eigenvalue weighted by Gasteiger charge is -2.22. The van der Waals surface area contributed by atoms with Gasteiger partial charge in [-0.25, -0.2) is 0 Å². The lowest BCUT2D eigenvalue weighted by Crippen LogP contribution is -2.46. The Labute approximate surface area is 124 Å². The van der Waals surface area contributed by atoms with Crippen molar-refractivity contribution >= 4 is 29.7 Å². The van der Waals surface area contributed by atoms with E-state index in [9.17, 15) is 4.79 Å². The van der Waals surface area contributed by atoms with E-state index in [1.54, 1.807) is 11.3 Å². The zero-order valence-corrected chi connectivity index (χ0v) is 12.9. The Bertz CT molecular complexity index is 404. The quantitative estimate of drug-likeness (QED) is 0.891. The summed E-state index contributed by atoms with van der Waals surface area (Å²) in [5, 5.41) is 16.3. The maximum Gasteiger partial charge on any atom is 0.237 e. The average molecular weight is 305 g/mol. The smallest absolute Gasteiger partial charge is 0.237 e. The van der Waals surface area contributed by atoms with Gasteiger partial charge in [-0.05, 0) is 19.4 Å². The van der Waals surface area contributed by atoms with Crippen LogP contribution in [0.2, 0.25) is 0 Å². The van der Waals surface area contributed by atoms with Gasteiger partial charge in [0.15, 0.2) is 0 Å². The van der Waals surface area contributed by atoms with E-state index in [1.165, 1.54) is 0 Å². The van der Waals surface area contributed by atoms with Crippen LogP contribution in [0.1, 0.15) is 49.0 Å². The molecule has 7 heteroatoms. The van der Waals surface area contributed by atoms with Crippen LogP contribution >= 0.6 is 23.7 Å². The first-order valence-electron chi connectivity index (χ1n) is 6.50. The molecule has 0 aromatic carbocycles. The van der Waals surface area contributed by atoms with E-state index < -0.39 is 0 Å². The predicted octanol–water partition coefficient (Wildman–Crippen LogP) is 1.84. The highest BCUT2D eigenvalue weighted by Crippen LogP contribution is 2.18. The minimum Gasteiger partial charge on any atom is -0.348 e. The molecule has 1 aliphatic heterocycles. The van der Waals surface area contributed by atoms with Crippen LogP contribution in [0.25, 0.3) is 0 Å². The molecule has 1 atom stereocenters. The number of hydrogen-bond donors (Lipinski definition) is 2. The second kappa shape index (κ2) is 7.77. The van der Waals surface area contributed by atoms with E-state index in [-0.39, 0.29) is 24.4 Å². The predicted molar refractivity (Wildman–Crippen MR) is 78.7 cm³/mol. The van der Waals surface area contributed by atoms with Gasteiger partial charge in [0, 0.05) is 5.92 Å². The van der Waals surface area contributed by atoms with Crippen molar-refractivity contribution in [2.75, 3.05) is 6.54 Å². The van der Waals surface area contributed by atoms with Crippen LogP contribution in [0.3, 0.4) is 0 Å². The van der Waals surface area contributed by atoms with Gasteiger partial charge >= 0.3 is 0 Å². The SMILES string of the molecule is CC(C)c1nnc(CNC(=O)C2CCCCN2)s1.Cl. The number of halogens is 1. The number of nitrogens with zero attached hydrogens (tertiary/aromatic N) is 2. The summed E-state index contributed by atoms with van der Waals surface area (Å²) in [6.07, 6.45) is 3.22. The molecule has 0 spiro atoms. The molecule has 0 saturated carbocycles. The Morgan fingerprint density at radius 1 is 1.47 bits per heavy atom. The molecule has 0 radical (unpaired) electrons. The van der Waals surface area contributed by atoms with Crippen LogP contribution in [0.4, 0.5) is 0 Å². The molecule has 2 rings (SSSR count). The summed E-state index contributed by atoms with van der Waals surface area (Å²) in [5.74, 6) is 0.475. The third-order valence-electron chi connectivity index (χ3n) is 3.02. The van der Waals surface area contributed by atoms with Crippen LogP contribution in [0.15, 0.2) is 0 Å². The Morgan fingerprint density at radius 3 is 2.84 bits per heavy atom. The van der Waals surface area contributed by atoms with Crippen molar-refractivity contribution in [3.05, 3.63) is 10.0 Å². The molecule has 0 aliphatic carbocycles. The van der Waals surface area contributed by atoms with Gasteiger partial charge in [0.25, 0.3) is 0 Å². The van der Waals surface area contributed by atoms with Crippen molar-refractivity contribution in [3.63, 3.8) is 0 Å². The van der Waals surface area contributed by atoms with Crippen LogP contribution in [-0.4, -0.2) is 28.7 Å². The number of hydrogen-bond acceptors (Lipinski definition) is 5. The molecule has 5 nitrogen and oxygen atoms in total. The lowest BCUT2D eigenvalue weighted by molar-refractivity contribution is -0.123. The topological polar surface area (TPSA) is 66.9 Å². The number of aromatic nitrogens is 2. The number of piperidine rings is 1. The number of amides is 1. The minimum absolute atomic E-state index is 0. The van der Waals surface area contributed by atoms with Crippen LogP contribution < -0.4 is 10.6 Å². The Morgan fingerprint density at radius 2 is 2.26 bits per heavy atom. The normalized spacial score (nSPS) is 19.0. The van der Waals surface area contributed by atoms with Crippen molar-refractivity contribution in [2.45, 2.75) is 51.6 Å². The maximum absolute atomic E-state index is 11.9. The van der Waals surface area contributed by atoms with Crippen molar-refractivity contribution in [1.29, 1.82) is 0 Å². The molecule has 1 aromatic heterocycles. The van der Waals surface area contributed by atoms with E-state index in [4.69, 9.17) is 0 Å². The zero-order valence-electron chi connectivity index (χ0n) is 11.3. The highest BCUT2D eigenvalue weighted by atomic mass is 35.5. The fourth-order valence-corrected chi connectivity index (χ4v) is 2.72. The first-order valence-corrected chi connectivity index (χ1v) is 7.32. The van der Waals surface area contributed by atoms with Gasteiger partial charge in [0.2, 0.25) is 5.91 Å². The molecule has 108 valence electrons. The molecule has 2 N–H and O–H groups in total. The van der Waals surface area contributed by atoms with E-state index >= 15 is 0 Å². The molecular weight excluding hydrogens is 284 g/mol. The molecule has 2 heterocycles. The number of nitrogens with one attached hydrogen (secondary N) is 2. The van der Waals surface area contributed by atoms with E-state index in [0.29, 0.717) is 12.5 Å². The molecule has 1 aliphatic rings. The molecule has 1 saturated heterocycles. The second-order valence-electron chi connectivity index (χ2n) is 4.91. The first kappa shape index (κ1) is 16.3. The van der Waals surface area contributed by atoms with Crippen molar-refractivity contribution < 1.29 is 4.79 Å². The summed E-state index contributed by atoms with van der Waals surface area (Å²) in [6.45, 7) is 5.61. The van der Waals surface area contributed by atoms with Crippen LogP contribution in [0, 0.1) is 0 Å². The van der Waals surface area contributed by atoms with Gasteiger partial charge in [0.1, 0.15) is 10.0 Å². The molecular formula is C12H21ClN4OS. The molecule has 1 amide bonds. The number of rotatable bonds is 4. The maximum atomic E-state index is 11.9. The number of carbonyl (C=O) groups is 1. The summed E-state index contributed by atoms with van der Waals surface area (Å²) in [5.41, 5.74) is 0. The van der Waals surface area contributed by atoms with Gasteiger partial charge in [0.05, 0.1) is 12.6 Å². The summed E-state index contributed by atoms with van der Waals surface area (Å²) < 4.78 is 0. The number of carbonyl (C=O) groups excluding carboxylic acids is 1. The van der Waals surface area contributed by atoms with Gasteiger partial charge in [-0.3, -0.25) is 4.79 Å². The fourth-order valence-electron chi connectivity index (χ4n) is 1.93. The third-order valence-corrected chi connectivity index (χ3v) is 4.24. The van der Waals surface area contributed by atoms with E-state index in [0.717, 1.165) is 35.8 Å². The van der Waals surface area contributed by atoms with Crippen molar-refractivity contribution in [2.24, 2.45) is 0 Å². The minimum atomic E-state index is -0.0313. The van der Waals surface area contributed by atoms with E-state index in [1.807, 2.05) is 0 Å². The monoisotopic (exact) mass is 304 g/mol. The van der Waals surface area contributed by atoms with Gasteiger partial charge in [-0.1, -0.05) is 31.6 Å². The van der Waals surface area contributed by atoms with Gasteiger partial charge < -0.3 is 10.6 Å². The lowest BCUT2D eigenvalue weighted by atomic mass is 10.0. The summed E-state index contributed by atoms with van der Waals surface area (Å²) in [7, 11) is 0. The molecule has 1 aromatic rings. The molecule has 0 bridgehead atoms. The fraction of sp³-hybridized carbons (Fsp3) is 0.750. The third kappa shape index (κ3) is 4.71. The standard InChI is InChI=1S/C12H20N4OS.ClH/c1-8(2)12-16-15-10(18-12)7-14-11(17)9-5-3-4-6-13-9;/h8-9,13H,3-7H2,1-2H3,(H,14,17);1H. The first-order chi connectivity index (χ1) is 8.66. The Hall–Kier alpha value is -0.720. The Balaban J connectivity index is 0.00000180. The molecule has 1 fully saturated rings. The molecule has 1 unspecified atom stereocenters. The highest BCUT2D eigenvalue weighted by Gasteiger charge is 2.20. The average Bonchev–Trinajstić information content (AvgIpc) is 2.86. The summed E-state index contributed by atoms with van der Waals surface area (Å²) >= 11 is 1.57. The summed E-state index contributed by atoms with van der Waals surface area (Å²) in [4.78, 5) is 11.9. The highest BCUT2D eigenvalue weighted by molar-refractivity contribution is 7.11.